The molecule has 1 heterocycles. The van der Waals surface area contributed by atoms with Crippen LogP contribution >= 0.6 is 24.2 Å². The van der Waals surface area contributed by atoms with Gasteiger partial charge in [0.25, 0.3) is 5.91 Å². The van der Waals surface area contributed by atoms with Crippen LogP contribution in [0.15, 0.2) is 47.5 Å². The SMILES string of the molecule is CNC(=O)COc1ccc(-c2cc3c(S)c[nH]c3cc2Cl)cc1. The molecular weight excluding hydrogens is 332 g/mol. The van der Waals surface area contributed by atoms with Gasteiger partial charge in [-0.1, -0.05) is 23.7 Å². The van der Waals surface area contributed by atoms with Gasteiger partial charge in [0.15, 0.2) is 6.61 Å². The molecule has 2 N–H and O–H groups in total. The van der Waals surface area contributed by atoms with Crippen LogP contribution in [0.5, 0.6) is 5.75 Å². The predicted octanol–water partition coefficient (Wildman–Crippen LogP) is 3.90. The summed E-state index contributed by atoms with van der Waals surface area (Å²) in [7, 11) is 1.57. The minimum atomic E-state index is -0.170. The summed E-state index contributed by atoms with van der Waals surface area (Å²) in [5, 5.41) is 4.19. The molecule has 1 amide bonds. The number of hydrogen-bond donors (Lipinski definition) is 3. The second-order valence-electron chi connectivity index (χ2n) is 5.04. The standard InChI is InChI=1S/C17H15ClN2O2S/c1-19-17(21)9-22-11-4-2-10(3-5-11)12-6-13-15(7-14(12)18)20-8-16(13)23/h2-8,20,23H,9H2,1H3,(H,19,21). The Hall–Kier alpha value is -2.11. The Bertz CT molecular complexity index is 859. The van der Waals surface area contributed by atoms with E-state index in [1.807, 2.05) is 42.6 Å². The molecule has 3 rings (SSSR count). The van der Waals surface area contributed by atoms with Crippen LogP contribution in [0.4, 0.5) is 0 Å². The zero-order chi connectivity index (χ0) is 16.4. The van der Waals surface area contributed by atoms with Crippen molar-refractivity contribution in [3.63, 3.8) is 0 Å². The van der Waals surface area contributed by atoms with Gasteiger partial charge >= 0.3 is 0 Å². The highest BCUT2D eigenvalue weighted by Crippen LogP contribution is 2.34. The molecule has 4 nitrogen and oxygen atoms in total. The summed E-state index contributed by atoms with van der Waals surface area (Å²) in [5.74, 6) is 0.461. The van der Waals surface area contributed by atoms with Crippen LogP contribution in [0.25, 0.3) is 22.0 Å². The summed E-state index contributed by atoms with van der Waals surface area (Å²) in [4.78, 5) is 15.2. The van der Waals surface area contributed by atoms with E-state index in [-0.39, 0.29) is 12.5 Å². The third-order valence-electron chi connectivity index (χ3n) is 3.56. The number of aromatic nitrogens is 1. The fraction of sp³-hybridized carbons (Fsp3) is 0.118. The molecule has 2 aromatic carbocycles. The summed E-state index contributed by atoms with van der Waals surface area (Å²) in [6.45, 7) is -0.00503. The summed E-state index contributed by atoms with van der Waals surface area (Å²) in [6.07, 6.45) is 1.84. The van der Waals surface area contributed by atoms with Crippen molar-refractivity contribution in [2.75, 3.05) is 13.7 Å². The maximum Gasteiger partial charge on any atom is 0.257 e. The highest BCUT2D eigenvalue weighted by atomic mass is 35.5. The summed E-state index contributed by atoms with van der Waals surface area (Å²) < 4.78 is 5.39. The number of benzene rings is 2. The Morgan fingerprint density at radius 1 is 1.30 bits per heavy atom. The summed E-state index contributed by atoms with van der Waals surface area (Å²) >= 11 is 10.8. The lowest BCUT2D eigenvalue weighted by Crippen LogP contribution is -2.24. The van der Waals surface area contributed by atoms with E-state index in [0.717, 1.165) is 26.9 Å². The lowest BCUT2D eigenvalue weighted by Gasteiger charge is -2.08. The second kappa shape index (κ2) is 6.56. The van der Waals surface area contributed by atoms with Gasteiger partial charge in [-0.15, -0.1) is 12.6 Å². The molecule has 3 aromatic rings. The number of carbonyl (C=O) groups excluding carboxylic acids is 1. The molecule has 0 aliphatic rings. The first-order chi connectivity index (χ1) is 11.1. The molecule has 0 aliphatic carbocycles. The van der Waals surface area contributed by atoms with E-state index in [1.54, 1.807) is 7.05 Å². The quantitative estimate of drug-likeness (QED) is 0.627. The number of fused-ring (bicyclic) bond motifs is 1. The van der Waals surface area contributed by atoms with E-state index < -0.39 is 0 Å². The van der Waals surface area contributed by atoms with E-state index in [9.17, 15) is 4.79 Å². The Morgan fingerprint density at radius 3 is 2.74 bits per heavy atom. The van der Waals surface area contributed by atoms with Crippen molar-refractivity contribution in [3.8, 4) is 16.9 Å². The molecule has 0 radical (unpaired) electrons. The zero-order valence-corrected chi connectivity index (χ0v) is 14.0. The second-order valence-corrected chi connectivity index (χ2v) is 5.93. The lowest BCUT2D eigenvalue weighted by atomic mass is 10.0. The van der Waals surface area contributed by atoms with Gasteiger partial charge in [0.1, 0.15) is 5.75 Å². The Kier molecular flexibility index (Phi) is 4.50. The fourth-order valence-electron chi connectivity index (χ4n) is 2.30. The van der Waals surface area contributed by atoms with Crippen molar-refractivity contribution < 1.29 is 9.53 Å². The van der Waals surface area contributed by atoms with Crippen molar-refractivity contribution in [2.45, 2.75) is 4.90 Å². The van der Waals surface area contributed by atoms with Crippen LogP contribution in [0.1, 0.15) is 0 Å². The van der Waals surface area contributed by atoms with Gasteiger partial charge in [-0.05, 0) is 29.8 Å². The normalized spacial score (nSPS) is 10.7. The molecule has 0 atom stereocenters. The van der Waals surface area contributed by atoms with E-state index in [2.05, 4.69) is 22.9 Å². The van der Waals surface area contributed by atoms with Gasteiger partial charge in [-0.25, -0.2) is 0 Å². The number of aromatic amines is 1. The molecule has 118 valence electrons. The molecule has 6 heteroatoms. The molecule has 0 unspecified atom stereocenters. The van der Waals surface area contributed by atoms with Crippen molar-refractivity contribution in [1.29, 1.82) is 0 Å². The summed E-state index contributed by atoms with van der Waals surface area (Å²) in [6, 6.07) is 11.4. The Morgan fingerprint density at radius 2 is 2.04 bits per heavy atom. The first-order valence-corrected chi connectivity index (χ1v) is 7.84. The first kappa shape index (κ1) is 15.8. The fourth-order valence-corrected chi connectivity index (χ4v) is 2.82. The molecule has 0 saturated heterocycles. The van der Waals surface area contributed by atoms with E-state index >= 15 is 0 Å². The number of rotatable bonds is 4. The number of H-pyrrole nitrogens is 1. The van der Waals surface area contributed by atoms with Crippen LogP contribution in [0, 0.1) is 0 Å². The highest BCUT2D eigenvalue weighted by molar-refractivity contribution is 7.80. The topological polar surface area (TPSA) is 54.1 Å². The van der Waals surface area contributed by atoms with E-state index in [4.69, 9.17) is 16.3 Å². The average molecular weight is 347 g/mol. The van der Waals surface area contributed by atoms with Crippen LogP contribution < -0.4 is 10.1 Å². The predicted molar refractivity (Wildman–Crippen MR) is 95.6 cm³/mol. The molecule has 0 aliphatic heterocycles. The number of hydrogen-bond acceptors (Lipinski definition) is 3. The molecule has 0 bridgehead atoms. The van der Waals surface area contributed by atoms with E-state index in [0.29, 0.717) is 10.8 Å². The summed E-state index contributed by atoms with van der Waals surface area (Å²) in [5.41, 5.74) is 2.85. The van der Waals surface area contributed by atoms with Crippen LogP contribution in [-0.2, 0) is 4.79 Å². The van der Waals surface area contributed by atoms with Crippen LogP contribution in [0.2, 0.25) is 5.02 Å². The number of likely N-dealkylation sites (N-methyl/N-ethyl adjacent to an activating group) is 1. The van der Waals surface area contributed by atoms with Crippen molar-refractivity contribution in [1.82, 2.24) is 10.3 Å². The molecule has 0 fully saturated rings. The smallest absolute Gasteiger partial charge is 0.257 e. The number of halogens is 1. The molecule has 0 spiro atoms. The van der Waals surface area contributed by atoms with Gasteiger partial charge in [-0.3, -0.25) is 4.79 Å². The molecule has 0 saturated carbocycles. The monoisotopic (exact) mass is 346 g/mol. The van der Waals surface area contributed by atoms with Gasteiger partial charge in [0, 0.05) is 34.6 Å². The average Bonchev–Trinajstić information content (AvgIpc) is 2.92. The van der Waals surface area contributed by atoms with Gasteiger partial charge in [0.2, 0.25) is 0 Å². The molecule has 1 aromatic heterocycles. The van der Waals surface area contributed by atoms with Gasteiger partial charge < -0.3 is 15.0 Å². The number of nitrogens with one attached hydrogen (secondary N) is 2. The number of carbonyl (C=O) groups is 1. The Labute approximate surface area is 144 Å². The van der Waals surface area contributed by atoms with Crippen LogP contribution in [0.3, 0.4) is 0 Å². The maximum atomic E-state index is 11.2. The molecule has 23 heavy (non-hydrogen) atoms. The maximum absolute atomic E-state index is 11.2. The molecular formula is C17H15ClN2O2S. The van der Waals surface area contributed by atoms with Crippen molar-refractivity contribution in [3.05, 3.63) is 47.6 Å². The third kappa shape index (κ3) is 3.30. The van der Waals surface area contributed by atoms with Gasteiger partial charge in [0.05, 0.1) is 5.02 Å². The van der Waals surface area contributed by atoms with Crippen molar-refractivity contribution in [2.24, 2.45) is 0 Å². The number of amides is 1. The minimum Gasteiger partial charge on any atom is -0.484 e. The van der Waals surface area contributed by atoms with Crippen LogP contribution in [-0.4, -0.2) is 24.5 Å². The van der Waals surface area contributed by atoms with Crippen molar-refractivity contribution >= 4 is 41.0 Å². The lowest BCUT2D eigenvalue weighted by molar-refractivity contribution is -0.122. The largest absolute Gasteiger partial charge is 0.484 e. The van der Waals surface area contributed by atoms with Gasteiger partial charge in [-0.2, -0.15) is 0 Å². The number of thiol groups is 1. The minimum absolute atomic E-state index is 0.00503. The number of ether oxygens (including phenoxy) is 1. The zero-order valence-electron chi connectivity index (χ0n) is 12.4. The third-order valence-corrected chi connectivity index (χ3v) is 4.24. The highest BCUT2D eigenvalue weighted by Gasteiger charge is 2.09. The van der Waals surface area contributed by atoms with E-state index in [1.165, 1.54) is 0 Å². The first-order valence-electron chi connectivity index (χ1n) is 7.02. The Balaban J connectivity index is 1.88.